The first-order valence-electron chi connectivity index (χ1n) is 6.87. The summed E-state index contributed by atoms with van der Waals surface area (Å²) in [7, 11) is 1.68. The monoisotopic (exact) mass is 266 g/mol. The third-order valence-corrected chi connectivity index (χ3v) is 3.46. The number of aryl methyl sites for hydroxylation is 1. The Balaban J connectivity index is 2.81. The highest BCUT2D eigenvalue weighted by Crippen LogP contribution is 2.22. The summed E-state index contributed by atoms with van der Waals surface area (Å²) in [5.74, 6) is 0.891. The molecule has 0 aliphatic carbocycles. The first-order valence-corrected chi connectivity index (χ1v) is 6.87. The molecule has 0 aliphatic heterocycles. The third kappa shape index (κ3) is 4.49. The van der Waals surface area contributed by atoms with Crippen molar-refractivity contribution in [3.8, 4) is 5.75 Å². The number of methoxy groups -OCH3 is 1. The first-order chi connectivity index (χ1) is 9.15. The van der Waals surface area contributed by atoms with Crippen molar-refractivity contribution in [3.05, 3.63) is 29.3 Å². The van der Waals surface area contributed by atoms with Gasteiger partial charge in [-0.15, -0.1) is 0 Å². The molecule has 0 saturated carbocycles. The Hall–Kier alpha value is -1.10. The van der Waals surface area contributed by atoms with Gasteiger partial charge in [0.25, 0.3) is 0 Å². The number of aliphatic hydroxyl groups is 1. The molecule has 19 heavy (non-hydrogen) atoms. The van der Waals surface area contributed by atoms with Gasteiger partial charge in [-0.2, -0.15) is 0 Å². The van der Waals surface area contributed by atoms with Crippen LogP contribution in [0.1, 0.15) is 36.9 Å². The van der Waals surface area contributed by atoms with E-state index in [1.807, 2.05) is 19.1 Å². The second kappa shape index (κ2) is 8.15. The maximum atomic E-state index is 9.05. The largest absolute Gasteiger partial charge is 0.496 e. The van der Waals surface area contributed by atoms with Gasteiger partial charge in [-0.25, -0.2) is 0 Å². The van der Waals surface area contributed by atoms with Gasteiger partial charge >= 0.3 is 0 Å². The van der Waals surface area contributed by atoms with Crippen LogP contribution in [-0.4, -0.2) is 31.4 Å². The molecule has 0 amide bonds. The standard InChI is InChI=1S/C15H26N2O2/c1-4-13(7-8-18)17-14(10-16)12-5-6-15(19-3)11(2)9-12/h5-6,9,13-14,17-18H,4,7-8,10,16H2,1-3H3. The Labute approximate surface area is 116 Å². The summed E-state index contributed by atoms with van der Waals surface area (Å²) in [4.78, 5) is 0. The summed E-state index contributed by atoms with van der Waals surface area (Å²) in [6.07, 6.45) is 1.73. The topological polar surface area (TPSA) is 67.5 Å². The van der Waals surface area contributed by atoms with Crippen molar-refractivity contribution < 1.29 is 9.84 Å². The zero-order valence-corrected chi connectivity index (χ0v) is 12.1. The van der Waals surface area contributed by atoms with Gasteiger partial charge in [0.15, 0.2) is 0 Å². The Morgan fingerprint density at radius 1 is 1.42 bits per heavy atom. The van der Waals surface area contributed by atoms with Crippen LogP contribution >= 0.6 is 0 Å². The van der Waals surface area contributed by atoms with Crippen LogP contribution < -0.4 is 15.8 Å². The molecule has 0 spiro atoms. The van der Waals surface area contributed by atoms with Gasteiger partial charge in [0, 0.05) is 25.2 Å². The van der Waals surface area contributed by atoms with Crippen LogP contribution in [0.5, 0.6) is 5.75 Å². The average Bonchev–Trinajstić information content (AvgIpc) is 2.43. The Morgan fingerprint density at radius 3 is 2.63 bits per heavy atom. The van der Waals surface area contributed by atoms with E-state index in [1.165, 1.54) is 0 Å². The number of aliphatic hydroxyl groups excluding tert-OH is 1. The van der Waals surface area contributed by atoms with Crippen molar-refractivity contribution in [1.82, 2.24) is 5.32 Å². The van der Waals surface area contributed by atoms with E-state index >= 15 is 0 Å². The lowest BCUT2D eigenvalue weighted by atomic mass is 10.0. The van der Waals surface area contributed by atoms with Gasteiger partial charge in [-0.05, 0) is 37.0 Å². The number of ether oxygens (including phenoxy) is 1. The fourth-order valence-corrected chi connectivity index (χ4v) is 2.26. The van der Waals surface area contributed by atoms with Gasteiger partial charge in [0.1, 0.15) is 5.75 Å². The second-order valence-electron chi connectivity index (χ2n) is 4.80. The van der Waals surface area contributed by atoms with E-state index in [4.69, 9.17) is 15.6 Å². The van der Waals surface area contributed by atoms with Gasteiger partial charge in [-0.3, -0.25) is 0 Å². The first kappa shape index (κ1) is 16.0. The molecule has 0 radical (unpaired) electrons. The van der Waals surface area contributed by atoms with E-state index in [0.717, 1.165) is 29.7 Å². The van der Waals surface area contributed by atoms with Crippen molar-refractivity contribution in [3.63, 3.8) is 0 Å². The maximum absolute atomic E-state index is 9.05. The summed E-state index contributed by atoms with van der Waals surface area (Å²) in [6.45, 7) is 4.87. The fraction of sp³-hybridized carbons (Fsp3) is 0.600. The second-order valence-corrected chi connectivity index (χ2v) is 4.80. The molecular weight excluding hydrogens is 240 g/mol. The maximum Gasteiger partial charge on any atom is 0.121 e. The van der Waals surface area contributed by atoms with E-state index < -0.39 is 0 Å². The number of benzene rings is 1. The average molecular weight is 266 g/mol. The number of hydrogen-bond donors (Lipinski definition) is 3. The van der Waals surface area contributed by atoms with Gasteiger partial charge in [0.2, 0.25) is 0 Å². The van der Waals surface area contributed by atoms with Crippen LogP contribution in [-0.2, 0) is 0 Å². The van der Waals surface area contributed by atoms with E-state index in [0.29, 0.717) is 12.6 Å². The molecule has 2 atom stereocenters. The zero-order chi connectivity index (χ0) is 14.3. The molecule has 4 N–H and O–H groups in total. The predicted molar refractivity (Wildman–Crippen MR) is 78.4 cm³/mol. The van der Waals surface area contributed by atoms with Crippen molar-refractivity contribution in [2.75, 3.05) is 20.3 Å². The normalized spacial score (nSPS) is 14.2. The Bertz CT molecular complexity index is 382. The van der Waals surface area contributed by atoms with Crippen LogP contribution in [0, 0.1) is 6.92 Å². The van der Waals surface area contributed by atoms with Crippen molar-refractivity contribution in [1.29, 1.82) is 0 Å². The van der Waals surface area contributed by atoms with E-state index in [9.17, 15) is 0 Å². The molecule has 0 heterocycles. The van der Waals surface area contributed by atoms with Crippen LogP contribution in [0.3, 0.4) is 0 Å². The lowest BCUT2D eigenvalue weighted by molar-refractivity contribution is 0.255. The minimum absolute atomic E-state index is 0.112. The quantitative estimate of drug-likeness (QED) is 0.670. The van der Waals surface area contributed by atoms with Crippen LogP contribution in [0.25, 0.3) is 0 Å². The molecule has 0 fully saturated rings. The SMILES string of the molecule is CCC(CCO)NC(CN)c1ccc(OC)c(C)c1. The molecule has 2 unspecified atom stereocenters. The molecule has 0 saturated heterocycles. The van der Waals surface area contributed by atoms with Crippen molar-refractivity contribution >= 4 is 0 Å². The Kier molecular flexibility index (Phi) is 6.84. The van der Waals surface area contributed by atoms with E-state index in [1.54, 1.807) is 7.11 Å². The highest BCUT2D eigenvalue weighted by molar-refractivity contribution is 5.37. The number of nitrogens with two attached hydrogens (primary N) is 1. The van der Waals surface area contributed by atoms with Crippen LogP contribution in [0.4, 0.5) is 0 Å². The van der Waals surface area contributed by atoms with Gasteiger partial charge < -0.3 is 20.9 Å². The van der Waals surface area contributed by atoms with Crippen molar-refractivity contribution in [2.45, 2.75) is 38.8 Å². The number of nitrogens with one attached hydrogen (secondary N) is 1. The molecule has 1 rings (SSSR count). The van der Waals surface area contributed by atoms with Gasteiger partial charge in [0.05, 0.1) is 7.11 Å². The summed E-state index contributed by atoms with van der Waals surface area (Å²) < 4.78 is 5.27. The van der Waals surface area contributed by atoms with Gasteiger partial charge in [-0.1, -0.05) is 19.1 Å². The fourth-order valence-electron chi connectivity index (χ4n) is 2.26. The van der Waals surface area contributed by atoms with E-state index in [-0.39, 0.29) is 12.6 Å². The number of hydrogen-bond acceptors (Lipinski definition) is 4. The minimum atomic E-state index is 0.112. The van der Waals surface area contributed by atoms with Crippen molar-refractivity contribution in [2.24, 2.45) is 5.73 Å². The summed E-state index contributed by atoms with van der Waals surface area (Å²) in [6, 6.07) is 6.53. The van der Waals surface area contributed by atoms with Crippen LogP contribution in [0.2, 0.25) is 0 Å². The number of rotatable bonds is 8. The molecule has 0 aromatic heterocycles. The van der Waals surface area contributed by atoms with Crippen LogP contribution in [0.15, 0.2) is 18.2 Å². The lowest BCUT2D eigenvalue weighted by Gasteiger charge is -2.24. The summed E-state index contributed by atoms with van der Waals surface area (Å²) >= 11 is 0. The minimum Gasteiger partial charge on any atom is -0.496 e. The summed E-state index contributed by atoms with van der Waals surface area (Å²) in [5.41, 5.74) is 8.14. The highest BCUT2D eigenvalue weighted by atomic mass is 16.5. The summed E-state index contributed by atoms with van der Waals surface area (Å²) in [5, 5.41) is 12.6. The molecular formula is C15H26N2O2. The predicted octanol–water partition coefficient (Wildman–Crippen LogP) is 1.75. The smallest absolute Gasteiger partial charge is 0.121 e. The molecule has 0 aliphatic rings. The highest BCUT2D eigenvalue weighted by Gasteiger charge is 2.15. The molecule has 4 heteroatoms. The molecule has 0 bridgehead atoms. The third-order valence-electron chi connectivity index (χ3n) is 3.46. The molecule has 108 valence electrons. The molecule has 1 aromatic rings. The zero-order valence-electron chi connectivity index (χ0n) is 12.1. The Morgan fingerprint density at radius 2 is 2.16 bits per heavy atom. The lowest BCUT2D eigenvalue weighted by Crippen LogP contribution is -2.37. The molecule has 4 nitrogen and oxygen atoms in total. The molecule has 1 aromatic carbocycles. The van der Waals surface area contributed by atoms with E-state index in [2.05, 4.69) is 18.3 Å².